The fourth-order valence-electron chi connectivity index (χ4n) is 2.21. The van der Waals surface area contributed by atoms with E-state index in [0.29, 0.717) is 5.02 Å². The molecular weight excluding hydrogens is 226 g/mol. The monoisotopic (exact) mass is 239 g/mol. The number of halogens is 1. The minimum absolute atomic E-state index is 0.267. The van der Waals surface area contributed by atoms with Crippen LogP contribution in [0, 0.1) is 0 Å². The van der Waals surface area contributed by atoms with Crippen LogP contribution in [0.2, 0.25) is 5.02 Å². The highest BCUT2D eigenvalue weighted by atomic mass is 35.5. The number of nitrogens with one attached hydrogen (secondary N) is 1. The van der Waals surface area contributed by atoms with Crippen molar-refractivity contribution in [2.24, 2.45) is 0 Å². The summed E-state index contributed by atoms with van der Waals surface area (Å²) in [5, 5.41) is 12.1. The molecule has 1 saturated carbocycles. The Bertz CT molecular complexity index is 402. The maximum atomic E-state index is 10.7. The van der Waals surface area contributed by atoms with Crippen LogP contribution in [-0.2, 0) is 6.42 Å². The molecular formula is C12H14ClNO2. The van der Waals surface area contributed by atoms with Gasteiger partial charge in [-0.05, 0) is 43.4 Å². The van der Waals surface area contributed by atoms with E-state index in [1.54, 1.807) is 0 Å². The summed E-state index contributed by atoms with van der Waals surface area (Å²) in [6.07, 6.45) is 2.68. The highest BCUT2D eigenvalue weighted by Crippen LogP contribution is 2.35. The van der Waals surface area contributed by atoms with Gasteiger partial charge in [-0.25, -0.2) is 4.79 Å². The first-order valence-corrected chi connectivity index (χ1v) is 5.73. The first-order valence-electron chi connectivity index (χ1n) is 5.35. The Labute approximate surface area is 99.4 Å². The molecule has 2 N–H and O–H groups in total. The largest absolute Gasteiger partial charge is 0.465 e. The molecule has 1 aromatic carbocycles. The second-order valence-corrected chi connectivity index (χ2v) is 4.81. The van der Waals surface area contributed by atoms with Gasteiger partial charge < -0.3 is 10.4 Å². The predicted octanol–water partition coefficient (Wildman–Crippen LogP) is 3.07. The summed E-state index contributed by atoms with van der Waals surface area (Å²) in [6.45, 7) is 0. The van der Waals surface area contributed by atoms with E-state index < -0.39 is 6.09 Å². The van der Waals surface area contributed by atoms with Gasteiger partial charge in [0.15, 0.2) is 0 Å². The van der Waals surface area contributed by atoms with Crippen LogP contribution in [0.3, 0.4) is 0 Å². The van der Waals surface area contributed by atoms with Crippen LogP contribution in [0.1, 0.15) is 24.8 Å². The number of amides is 1. The van der Waals surface area contributed by atoms with Crippen molar-refractivity contribution in [2.45, 2.75) is 31.2 Å². The van der Waals surface area contributed by atoms with E-state index in [1.165, 1.54) is 0 Å². The van der Waals surface area contributed by atoms with Gasteiger partial charge in [0.25, 0.3) is 0 Å². The summed E-state index contributed by atoms with van der Waals surface area (Å²) >= 11 is 5.90. The molecule has 16 heavy (non-hydrogen) atoms. The van der Waals surface area contributed by atoms with Crippen LogP contribution in [0.5, 0.6) is 0 Å². The van der Waals surface area contributed by atoms with E-state index in [4.69, 9.17) is 16.7 Å². The normalized spacial score (nSPS) is 17.6. The van der Waals surface area contributed by atoms with Crippen molar-refractivity contribution in [1.82, 2.24) is 5.32 Å². The Morgan fingerprint density at radius 2 is 2.25 bits per heavy atom. The molecule has 1 aliphatic rings. The number of carbonyl (C=O) groups is 1. The fourth-order valence-corrected chi connectivity index (χ4v) is 2.43. The molecule has 0 spiro atoms. The molecule has 0 aromatic heterocycles. The van der Waals surface area contributed by atoms with E-state index in [-0.39, 0.29) is 5.54 Å². The average Bonchev–Trinajstić information content (AvgIpc) is 2.13. The summed E-state index contributed by atoms with van der Waals surface area (Å²) in [7, 11) is 0. The summed E-state index contributed by atoms with van der Waals surface area (Å²) in [5.41, 5.74) is 0.817. The van der Waals surface area contributed by atoms with Crippen molar-refractivity contribution in [3.8, 4) is 0 Å². The number of carboxylic acid groups (broad SMARTS) is 1. The minimum Gasteiger partial charge on any atom is -0.465 e. The topological polar surface area (TPSA) is 49.3 Å². The van der Waals surface area contributed by atoms with E-state index in [2.05, 4.69) is 5.32 Å². The highest BCUT2D eigenvalue weighted by Gasteiger charge is 2.38. The number of benzene rings is 1. The van der Waals surface area contributed by atoms with Gasteiger partial charge in [-0.3, -0.25) is 0 Å². The minimum atomic E-state index is -0.943. The maximum Gasteiger partial charge on any atom is 0.405 e. The van der Waals surface area contributed by atoms with Gasteiger partial charge in [-0.1, -0.05) is 23.7 Å². The molecule has 4 heteroatoms. The van der Waals surface area contributed by atoms with Gasteiger partial charge in [-0.2, -0.15) is 0 Å². The molecule has 1 fully saturated rings. The van der Waals surface area contributed by atoms with Gasteiger partial charge in [0.2, 0.25) is 0 Å². The summed E-state index contributed by atoms with van der Waals surface area (Å²) in [6, 6.07) is 7.59. The third kappa shape index (κ3) is 2.47. The van der Waals surface area contributed by atoms with E-state index >= 15 is 0 Å². The molecule has 0 bridgehead atoms. The predicted molar refractivity (Wildman–Crippen MR) is 62.9 cm³/mol. The van der Waals surface area contributed by atoms with Crippen molar-refractivity contribution in [3.63, 3.8) is 0 Å². The van der Waals surface area contributed by atoms with Gasteiger partial charge in [-0.15, -0.1) is 0 Å². The Morgan fingerprint density at radius 1 is 1.50 bits per heavy atom. The lowest BCUT2D eigenvalue weighted by Crippen LogP contribution is -2.54. The molecule has 0 radical (unpaired) electrons. The Morgan fingerprint density at radius 3 is 2.75 bits per heavy atom. The Hall–Kier alpha value is -1.22. The van der Waals surface area contributed by atoms with Crippen molar-refractivity contribution >= 4 is 17.7 Å². The molecule has 0 unspecified atom stereocenters. The third-order valence-corrected chi connectivity index (χ3v) is 3.35. The van der Waals surface area contributed by atoms with Crippen LogP contribution in [-0.4, -0.2) is 16.7 Å². The zero-order chi connectivity index (χ0) is 11.6. The molecule has 2 rings (SSSR count). The van der Waals surface area contributed by atoms with Crippen LogP contribution >= 0.6 is 11.6 Å². The first kappa shape index (κ1) is 11.3. The second-order valence-electron chi connectivity index (χ2n) is 4.37. The molecule has 0 saturated heterocycles. The zero-order valence-electron chi connectivity index (χ0n) is 8.87. The molecule has 0 aliphatic heterocycles. The number of rotatable bonds is 3. The van der Waals surface area contributed by atoms with Crippen molar-refractivity contribution in [2.75, 3.05) is 0 Å². The lowest BCUT2D eigenvalue weighted by Gasteiger charge is -2.41. The van der Waals surface area contributed by atoms with Crippen LogP contribution in [0.15, 0.2) is 24.3 Å². The lowest BCUT2D eigenvalue weighted by atomic mass is 9.73. The standard InChI is InChI=1S/C12H14ClNO2/c13-10-4-1-3-9(7-10)8-12(5-2-6-12)14-11(15)16/h1,3-4,7,14H,2,5-6,8H2,(H,15,16). The highest BCUT2D eigenvalue weighted by molar-refractivity contribution is 6.30. The van der Waals surface area contributed by atoms with Gasteiger partial charge in [0, 0.05) is 10.6 Å². The molecule has 3 nitrogen and oxygen atoms in total. The smallest absolute Gasteiger partial charge is 0.405 e. The maximum absolute atomic E-state index is 10.7. The van der Waals surface area contributed by atoms with Crippen molar-refractivity contribution < 1.29 is 9.90 Å². The van der Waals surface area contributed by atoms with Crippen LogP contribution in [0.4, 0.5) is 4.79 Å². The molecule has 1 aliphatic carbocycles. The number of hydrogen-bond acceptors (Lipinski definition) is 1. The van der Waals surface area contributed by atoms with Crippen LogP contribution in [0.25, 0.3) is 0 Å². The molecule has 0 atom stereocenters. The van der Waals surface area contributed by atoms with Gasteiger partial charge in [0.1, 0.15) is 0 Å². The number of hydrogen-bond donors (Lipinski definition) is 2. The van der Waals surface area contributed by atoms with Crippen molar-refractivity contribution in [1.29, 1.82) is 0 Å². The molecule has 1 amide bonds. The summed E-state index contributed by atoms with van der Waals surface area (Å²) < 4.78 is 0. The van der Waals surface area contributed by atoms with Crippen LogP contribution < -0.4 is 5.32 Å². The quantitative estimate of drug-likeness (QED) is 0.852. The Kier molecular flexibility index (Phi) is 3.06. The zero-order valence-corrected chi connectivity index (χ0v) is 9.63. The lowest BCUT2D eigenvalue weighted by molar-refractivity contribution is 0.144. The van der Waals surface area contributed by atoms with E-state index in [9.17, 15) is 4.79 Å². The first-order chi connectivity index (χ1) is 7.60. The SMILES string of the molecule is O=C(O)NC1(Cc2cccc(Cl)c2)CCC1. The van der Waals surface area contributed by atoms with Crippen molar-refractivity contribution in [3.05, 3.63) is 34.9 Å². The van der Waals surface area contributed by atoms with Gasteiger partial charge >= 0.3 is 6.09 Å². The fraction of sp³-hybridized carbons (Fsp3) is 0.417. The van der Waals surface area contributed by atoms with E-state index in [1.807, 2.05) is 24.3 Å². The summed E-state index contributed by atoms with van der Waals surface area (Å²) in [5.74, 6) is 0. The average molecular weight is 240 g/mol. The van der Waals surface area contributed by atoms with Gasteiger partial charge in [0.05, 0.1) is 0 Å². The molecule has 0 heterocycles. The summed E-state index contributed by atoms with van der Waals surface area (Å²) in [4.78, 5) is 10.7. The molecule has 1 aromatic rings. The second kappa shape index (κ2) is 4.34. The molecule has 86 valence electrons. The van der Waals surface area contributed by atoms with E-state index in [0.717, 1.165) is 31.2 Å². The Balaban J connectivity index is 2.09. The third-order valence-electron chi connectivity index (χ3n) is 3.11.